The number of hydrogen-bond acceptors (Lipinski definition) is 2. The molecule has 0 spiro atoms. The van der Waals surface area contributed by atoms with E-state index in [9.17, 15) is 5.11 Å². The highest BCUT2D eigenvalue weighted by Gasteiger charge is 2.07. The molecule has 3 aromatic rings. The highest BCUT2D eigenvalue weighted by atomic mass is 32.2. The van der Waals surface area contributed by atoms with Crippen molar-refractivity contribution in [1.82, 2.24) is 0 Å². The third kappa shape index (κ3) is 3.17. The van der Waals surface area contributed by atoms with Crippen molar-refractivity contribution in [2.75, 3.05) is 6.26 Å². The summed E-state index contributed by atoms with van der Waals surface area (Å²) >= 11 is 1.70. The Kier molecular flexibility index (Phi) is 4.48. The predicted octanol–water partition coefficient (Wildman–Crippen LogP) is 4.65. The first-order valence-electron chi connectivity index (χ1n) is 7.09. The lowest BCUT2D eigenvalue weighted by Crippen LogP contribution is -1.95. The molecule has 0 aromatic heterocycles. The summed E-state index contributed by atoms with van der Waals surface area (Å²) in [5, 5.41) is 12.6. The molecule has 3 aromatic carbocycles. The van der Waals surface area contributed by atoms with Gasteiger partial charge < -0.3 is 5.11 Å². The molecule has 0 saturated carbocycles. The van der Waals surface area contributed by atoms with Gasteiger partial charge in [-0.25, -0.2) is 0 Å². The van der Waals surface area contributed by atoms with Crippen LogP contribution < -0.4 is 0 Å². The largest absolute Gasteiger partial charge is 0.376 e. The van der Waals surface area contributed by atoms with Crippen LogP contribution in [-0.4, -0.2) is 11.4 Å². The number of rotatable bonds is 2. The van der Waals surface area contributed by atoms with Crippen molar-refractivity contribution >= 4 is 22.5 Å². The first-order chi connectivity index (χ1) is 10.8. The highest BCUT2D eigenvalue weighted by molar-refractivity contribution is 7.98. The molecule has 2 heteroatoms. The quantitative estimate of drug-likeness (QED) is 0.549. The Hall–Kier alpha value is -2.21. The molecular formula is C20H16OS. The number of hydrogen-bond donors (Lipinski definition) is 1. The average Bonchev–Trinajstić information content (AvgIpc) is 2.59. The van der Waals surface area contributed by atoms with E-state index < -0.39 is 6.10 Å². The van der Waals surface area contributed by atoms with Crippen LogP contribution in [0.2, 0.25) is 0 Å². The topological polar surface area (TPSA) is 20.2 Å². The Morgan fingerprint density at radius 1 is 0.909 bits per heavy atom. The van der Waals surface area contributed by atoms with Gasteiger partial charge in [0.25, 0.3) is 0 Å². The minimum atomic E-state index is -0.786. The van der Waals surface area contributed by atoms with E-state index >= 15 is 0 Å². The number of fused-ring (bicyclic) bond motifs is 1. The van der Waals surface area contributed by atoms with Crippen LogP contribution in [0.4, 0.5) is 0 Å². The number of aliphatic hydroxyl groups is 1. The van der Waals surface area contributed by atoms with Crippen molar-refractivity contribution in [1.29, 1.82) is 0 Å². The predicted molar refractivity (Wildman–Crippen MR) is 94.0 cm³/mol. The van der Waals surface area contributed by atoms with E-state index in [-0.39, 0.29) is 0 Å². The van der Waals surface area contributed by atoms with Gasteiger partial charge in [-0.2, -0.15) is 0 Å². The number of thioether (sulfide) groups is 1. The molecule has 0 aliphatic carbocycles. The van der Waals surface area contributed by atoms with Crippen LogP contribution in [0.5, 0.6) is 0 Å². The summed E-state index contributed by atoms with van der Waals surface area (Å²) in [5.41, 5.74) is 1.77. The first kappa shape index (κ1) is 14.7. The maximum atomic E-state index is 10.4. The van der Waals surface area contributed by atoms with E-state index in [2.05, 4.69) is 11.8 Å². The van der Waals surface area contributed by atoms with Crippen LogP contribution >= 0.6 is 11.8 Å². The zero-order valence-corrected chi connectivity index (χ0v) is 13.1. The first-order valence-corrected chi connectivity index (χ1v) is 8.32. The molecule has 0 aliphatic heterocycles. The Morgan fingerprint density at radius 2 is 1.64 bits per heavy atom. The molecule has 0 heterocycles. The Morgan fingerprint density at radius 3 is 2.41 bits per heavy atom. The fraction of sp³-hybridized carbons (Fsp3) is 0.100. The SMILES string of the molecule is CSc1ccc(C#C[C@H](O)c2cccc3ccccc23)cc1. The minimum absolute atomic E-state index is 0.786. The molecule has 1 N–H and O–H groups in total. The molecular weight excluding hydrogens is 288 g/mol. The maximum absolute atomic E-state index is 10.4. The summed E-state index contributed by atoms with van der Waals surface area (Å²) in [4.78, 5) is 1.21. The molecule has 3 rings (SSSR count). The van der Waals surface area contributed by atoms with Crippen molar-refractivity contribution in [2.45, 2.75) is 11.0 Å². The van der Waals surface area contributed by atoms with Gasteiger partial charge in [0.1, 0.15) is 6.10 Å². The molecule has 0 saturated heterocycles. The van der Waals surface area contributed by atoms with Crippen molar-refractivity contribution in [3.63, 3.8) is 0 Å². The van der Waals surface area contributed by atoms with Crippen LogP contribution in [0.1, 0.15) is 17.2 Å². The second-order valence-electron chi connectivity index (χ2n) is 4.97. The van der Waals surface area contributed by atoms with Crippen molar-refractivity contribution in [3.8, 4) is 11.8 Å². The molecule has 22 heavy (non-hydrogen) atoms. The minimum Gasteiger partial charge on any atom is -0.376 e. The van der Waals surface area contributed by atoms with Gasteiger partial charge in [-0.05, 0) is 41.3 Å². The lowest BCUT2D eigenvalue weighted by atomic mass is 10.0. The Bertz CT molecular complexity index is 835. The van der Waals surface area contributed by atoms with Gasteiger partial charge >= 0.3 is 0 Å². The Labute approximate surface area is 135 Å². The van der Waals surface area contributed by atoms with E-state index in [1.165, 1.54) is 4.90 Å². The van der Waals surface area contributed by atoms with Crippen LogP contribution in [0.3, 0.4) is 0 Å². The second kappa shape index (κ2) is 6.70. The summed E-state index contributed by atoms with van der Waals surface area (Å²) in [6.07, 6.45) is 1.26. The van der Waals surface area contributed by atoms with Gasteiger partial charge in [-0.3, -0.25) is 0 Å². The summed E-state index contributed by atoms with van der Waals surface area (Å²) in [6, 6.07) is 22.0. The molecule has 0 fully saturated rings. The van der Waals surface area contributed by atoms with Gasteiger partial charge in [0.15, 0.2) is 0 Å². The number of aliphatic hydroxyl groups excluding tert-OH is 1. The average molecular weight is 304 g/mol. The second-order valence-corrected chi connectivity index (χ2v) is 5.85. The zero-order valence-electron chi connectivity index (χ0n) is 12.3. The van der Waals surface area contributed by atoms with Crippen molar-refractivity contribution in [2.24, 2.45) is 0 Å². The number of benzene rings is 3. The van der Waals surface area contributed by atoms with Gasteiger partial charge in [0.2, 0.25) is 0 Å². The molecule has 1 atom stereocenters. The lowest BCUT2D eigenvalue weighted by Gasteiger charge is -2.08. The van der Waals surface area contributed by atoms with E-state index in [0.29, 0.717) is 0 Å². The molecule has 0 amide bonds. The third-order valence-corrected chi connectivity index (χ3v) is 4.30. The van der Waals surface area contributed by atoms with Gasteiger partial charge in [0, 0.05) is 16.0 Å². The summed E-state index contributed by atoms with van der Waals surface area (Å²) < 4.78 is 0. The van der Waals surface area contributed by atoms with Gasteiger partial charge in [-0.15, -0.1) is 11.8 Å². The van der Waals surface area contributed by atoms with E-state index in [1.54, 1.807) is 11.8 Å². The van der Waals surface area contributed by atoms with Crippen LogP contribution in [0, 0.1) is 11.8 Å². The van der Waals surface area contributed by atoms with Gasteiger partial charge in [0.05, 0.1) is 0 Å². The third-order valence-electron chi connectivity index (χ3n) is 3.56. The summed E-state index contributed by atoms with van der Waals surface area (Å²) in [6.45, 7) is 0. The lowest BCUT2D eigenvalue weighted by molar-refractivity contribution is 0.240. The fourth-order valence-corrected chi connectivity index (χ4v) is 2.80. The van der Waals surface area contributed by atoms with E-state index in [0.717, 1.165) is 21.9 Å². The molecule has 1 nitrogen and oxygen atoms in total. The molecule has 0 bridgehead atoms. The zero-order chi connectivity index (χ0) is 15.4. The van der Waals surface area contributed by atoms with E-state index in [1.807, 2.05) is 73.0 Å². The molecule has 0 aliphatic rings. The maximum Gasteiger partial charge on any atom is 0.141 e. The van der Waals surface area contributed by atoms with Crippen molar-refractivity contribution in [3.05, 3.63) is 77.9 Å². The van der Waals surface area contributed by atoms with Crippen LogP contribution in [0.25, 0.3) is 10.8 Å². The Balaban J connectivity index is 1.90. The normalized spacial score (nSPS) is 11.7. The monoisotopic (exact) mass is 304 g/mol. The van der Waals surface area contributed by atoms with E-state index in [4.69, 9.17) is 0 Å². The highest BCUT2D eigenvalue weighted by Crippen LogP contribution is 2.24. The molecule has 108 valence electrons. The molecule has 0 radical (unpaired) electrons. The summed E-state index contributed by atoms with van der Waals surface area (Å²) in [7, 11) is 0. The van der Waals surface area contributed by atoms with Crippen LogP contribution in [0.15, 0.2) is 71.6 Å². The molecule has 0 unspecified atom stereocenters. The summed E-state index contributed by atoms with van der Waals surface area (Å²) in [5.74, 6) is 5.99. The standard InChI is InChI=1S/C20H16OS/c1-22-17-12-9-15(10-13-17)11-14-20(21)19-8-4-6-16-5-2-3-7-18(16)19/h2-10,12-13,20-21H,1H3/t20-/m0/s1. The smallest absolute Gasteiger partial charge is 0.141 e. The van der Waals surface area contributed by atoms with Gasteiger partial charge in [-0.1, -0.05) is 54.3 Å². The van der Waals surface area contributed by atoms with Crippen LogP contribution in [-0.2, 0) is 0 Å². The van der Waals surface area contributed by atoms with Crippen molar-refractivity contribution < 1.29 is 5.11 Å². The fourth-order valence-electron chi connectivity index (χ4n) is 2.39.